The van der Waals surface area contributed by atoms with E-state index in [1.807, 2.05) is 6.07 Å². The number of carbonyl (C=O) groups is 3. The van der Waals surface area contributed by atoms with Gasteiger partial charge >= 0.3 is 0 Å². The lowest BCUT2D eigenvalue weighted by Crippen LogP contribution is -2.49. The molecule has 1 aliphatic rings. The first-order chi connectivity index (χ1) is 13.9. The maximum absolute atomic E-state index is 12.4. The van der Waals surface area contributed by atoms with Crippen LogP contribution in [0.5, 0.6) is 0 Å². The molecular formula is C21H21Cl2N3O3. The summed E-state index contributed by atoms with van der Waals surface area (Å²) in [6, 6.07) is 13.5. The van der Waals surface area contributed by atoms with Gasteiger partial charge in [-0.25, -0.2) is 0 Å². The Morgan fingerprint density at radius 3 is 2.31 bits per heavy atom. The molecule has 0 saturated carbocycles. The number of hydrogen-bond acceptors (Lipinski definition) is 3. The number of hydrogen-bond donors (Lipinski definition) is 2. The van der Waals surface area contributed by atoms with Crippen LogP contribution in [0.3, 0.4) is 0 Å². The minimum atomic E-state index is -0.277. The average Bonchev–Trinajstić information content (AvgIpc) is 2.72. The van der Waals surface area contributed by atoms with Gasteiger partial charge in [-0.05, 0) is 43.2 Å². The molecule has 3 rings (SSSR count). The fourth-order valence-electron chi connectivity index (χ4n) is 3.17. The van der Waals surface area contributed by atoms with Crippen LogP contribution in [0.4, 0.5) is 0 Å². The summed E-state index contributed by atoms with van der Waals surface area (Å²) in [5.74, 6) is -0.674. The van der Waals surface area contributed by atoms with Crippen molar-refractivity contribution in [3.8, 4) is 0 Å². The third-order valence-electron chi connectivity index (χ3n) is 4.79. The summed E-state index contributed by atoms with van der Waals surface area (Å²) in [7, 11) is 0. The molecule has 152 valence electrons. The van der Waals surface area contributed by atoms with Gasteiger partial charge in [-0.3, -0.25) is 14.4 Å². The van der Waals surface area contributed by atoms with E-state index in [1.165, 1.54) is 6.07 Å². The van der Waals surface area contributed by atoms with Gasteiger partial charge in [0, 0.05) is 29.7 Å². The van der Waals surface area contributed by atoms with Gasteiger partial charge in [0.1, 0.15) is 0 Å². The van der Waals surface area contributed by atoms with Crippen molar-refractivity contribution in [3.05, 3.63) is 69.7 Å². The monoisotopic (exact) mass is 433 g/mol. The minimum absolute atomic E-state index is 0.0443. The maximum atomic E-state index is 12.4. The smallest absolute Gasteiger partial charge is 0.253 e. The number of rotatable bonds is 5. The zero-order chi connectivity index (χ0) is 20.8. The molecule has 0 radical (unpaired) electrons. The summed E-state index contributed by atoms with van der Waals surface area (Å²) in [6.07, 6.45) is 1.27. The highest BCUT2D eigenvalue weighted by Gasteiger charge is 2.25. The highest BCUT2D eigenvalue weighted by molar-refractivity contribution is 6.36. The molecule has 1 aliphatic heterocycles. The van der Waals surface area contributed by atoms with Gasteiger partial charge in [0.05, 0.1) is 17.1 Å². The Kier molecular flexibility index (Phi) is 7.12. The zero-order valence-corrected chi connectivity index (χ0v) is 17.2. The quantitative estimate of drug-likeness (QED) is 0.759. The zero-order valence-electron chi connectivity index (χ0n) is 15.7. The number of likely N-dealkylation sites (tertiary alicyclic amines) is 1. The van der Waals surface area contributed by atoms with E-state index in [-0.39, 0.29) is 30.3 Å². The first kappa shape index (κ1) is 21.1. The van der Waals surface area contributed by atoms with Crippen LogP contribution in [0, 0.1) is 0 Å². The number of nitrogens with one attached hydrogen (secondary N) is 2. The highest BCUT2D eigenvalue weighted by Crippen LogP contribution is 2.21. The van der Waals surface area contributed by atoms with Crippen LogP contribution in [0.25, 0.3) is 0 Å². The Balaban J connectivity index is 1.44. The lowest BCUT2D eigenvalue weighted by molar-refractivity contribution is -0.131. The Hall–Kier alpha value is -2.57. The molecule has 0 aliphatic carbocycles. The highest BCUT2D eigenvalue weighted by atomic mass is 35.5. The molecule has 0 spiro atoms. The lowest BCUT2D eigenvalue weighted by Gasteiger charge is -2.32. The molecule has 0 atom stereocenters. The van der Waals surface area contributed by atoms with E-state index >= 15 is 0 Å². The third kappa shape index (κ3) is 5.71. The van der Waals surface area contributed by atoms with E-state index in [0.717, 1.165) is 0 Å². The van der Waals surface area contributed by atoms with Crippen molar-refractivity contribution >= 4 is 40.9 Å². The van der Waals surface area contributed by atoms with Crippen molar-refractivity contribution in [3.63, 3.8) is 0 Å². The second-order valence-corrected chi connectivity index (χ2v) is 7.65. The molecule has 1 saturated heterocycles. The molecule has 29 heavy (non-hydrogen) atoms. The van der Waals surface area contributed by atoms with Crippen molar-refractivity contribution in [1.29, 1.82) is 0 Å². The Labute approximate surface area is 179 Å². The topological polar surface area (TPSA) is 78.5 Å². The summed E-state index contributed by atoms with van der Waals surface area (Å²) in [5.41, 5.74) is 0.890. The molecular weight excluding hydrogens is 413 g/mol. The van der Waals surface area contributed by atoms with Gasteiger partial charge in [-0.1, -0.05) is 41.4 Å². The van der Waals surface area contributed by atoms with Crippen molar-refractivity contribution in [2.45, 2.75) is 18.9 Å². The lowest BCUT2D eigenvalue weighted by atomic mass is 10.0. The SMILES string of the molecule is O=C(NCC(=O)N1CCC(NC(=O)c2ccc(Cl)cc2Cl)CC1)c1ccccc1. The number of nitrogens with zero attached hydrogens (tertiary/aromatic N) is 1. The van der Waals surface area contributed by atoms with Crippen LogP contribution in [-0.4, -0.2) is 48.3 Å². The van der Waals surface area contributed by atoms with E-state index in [1.54, 1.807) is 41.3 Å². The van der Waals surface area contributed by atoms with Gasteiger partial charge in [0.25, 0.3) is 11.8 Å². The molecule has 2 aromatic rings. The molecule has 3 amide bonds. The number of carbonyl (C=O) groups excluding carboxylic acids is 3. The molecule has 2 aromatic carbocycles. The fourth-order valence-corrected chi connectivity index (χ4v) is 3.66. The summed E-state index contributed by atoms with van der Waals surface area (Å²) in [4.78, 5) is 38.5. The van der Waals surface area contributed by atoms with Gasteiger partial charge in [0.2, 0.25) is 5.91 Å². The second kappa shape index (κ2) is 9.76. The molecule has 0 aromatic heterocycles. The first-order valence-corrected chi connectivity index (χ1v) is 10.1. The maximum Gasteiger partial charge on any atom is 0.253 e. The van der Waals surface area contributed by atoms with E-state index in [4.69, 9.17) is 23.2 Å². The molecule has 6 nitrogen and oxygen atoms in total. The second-order valence-electron chi connectivity index (χ2n) is 6.80. The van der Waals surface area contributed by atoms with Gasteiger partial charge in [-0.2, -0.15) is 0 Å². The van der Waals surface area contributed by atoms with Crippen molar-refractivity contribution in [1.82, 2.24) is 15.5 Å². The van der Waals surface area contributed by atoms with Crippen LogP contribution in [0.1, 0.15) is 33.6 Å². The Morgan fingerprint density at radius 1 is 0.966 bits per heavy atom. The third-order valence-corrected chi connectivity index (χ3v) is 5.34. The van der Waals surface area contributed by atoms with E-state index in [9.17, 15) is 14.4 Å². The Bertz CT molecular complexity index is 897. The summed E-state index contributed by atoms with van der Waals surface area (Å²) in [5, 5.41) is 6.37. The van der Waals surface area contributed by atoms with Crippen molar-refractivity contribution in [2.75, 3.05) is 19.6 Å². The van der Waals surface area contributed by atoms with Crippen LogP contribution in [0.2, 0.25) is 10.0 Å². The predicted molar refractivity (Wildman–Crippen MR) is 112 cm³/mol. The van der Waals surface area contributed by atoms with Gasteiger partial charge in [0.15, 0.2) is 0 Å². The van der Waals surface area contributed by atoms with E-state index in [2.05, 4.69) is 10.6 Å². The van der Waals surface area contributed by atoms with Gasteiger partial charge in [-0.15, -0.1) is 0 Å². The molecule has 0 unspecified atom stereocenters. The summed E-state index contributed by atoms with van der Waals surface area (Å²) >= 11 is 11.9. The molecule has 8 heteroatoms. The number of halogens is 2. The standard InChI is InChI=1S/C21H21Cl2N3O3/c22-15-6-7-17(18(23)12-15)21(29)25-16-8-10-26(11-9-16)19(27)13-24-20(28)14-4-2-1-3-5-14/h1-7,12,16H,8-11,13H2,(H,24,28)(H,25,29). The predicted octanol–water partition coefficient (Wildman–Crippen LogP) is 3.14. The molecule has 1 heterocycles. The number of piperidine rings is 1. The number of amides is 3. The van der Waals surface area contributed by atoms with Crippen LogP contribution in [-0.2, 0) is 4.79 Å². The van der Waals surface area contributed by atoms with E-state index < -0.39 is 0 Å². The average molecular weight is 434 g/mol. The first-order valence-electron chi connectivity index (χ1n) is 9.31. The largest absolute Gasteiger partial charge is 0.349 e. The van der Waals surface area contributed by atoms with Gasteiger partial charge < -0.3 is 15.5 Å². The summed E-state index contributed by atoms with van der Waals surface area (Å²) < 4.78 is 0. The van der Waals surface area contributed by atoms with Crippen LogP contribution >= 0.6 is 23.2 Å². The molecule has 0 bridgehead atoms. The molecule has 1 fully saturated rings. The minimum Gasteiger partial charge on any atom is -0.349 e. The van der Waals surface area contributed by atoms with E-state index in [0.29, 0.717) is 47.1 Å². The van der Waals surface area contributed by atoms with Crippen LogP contribution in [0.15, 0.2) is 48.5 Å². The molecule has 2 N–H and O–H groups in total. The normalized spacial score (nSPS) is 14.3. The van der Waals surface area contributed by atoms with Crippen molar-refractivity contribution in [2.24, 2.45) is 0 Å². The van der Waals surface area contributed by atoms with Crippen LogP contribution < -0.4 is 10.6 Å². The van der Waals surface area contributed by atoms with Crippen molar-refractivity contribution < 1.29 is 14.4 Å². The fraction of sp³-hybridized carbons (Fsp3) is 0.286. The Morgan fingerprint density at radius 2 is 1.66 bits per heavy atom. The number of benzene rings is 2. The summed E-state index contributed by atoms with van der Waals surface area (Å²) in [6.45, 7) is 0.976.